The smallest absolute Gasteiger partial charge is 0.253 e. The van der Waals surface area contributed by atoms with Gasteiger partial charge >= 0.3 is 0 Å². The zero-order valence-corrected chi connectivity index (χ0v) is 15.3. The van der Waals surface area contributed by atoms with Crippen LogP contribution in [0.5, 0.6) is 0 Å². The van der Waals surface area contributed by atoms with Crippen molar-refractivity contribution in [1.82, 2.24) is 14.9 Å². The van der Waals surface area contributed by atoms with E-state index < -0.39 is 37.2 Å². The highest BCUT2D eigenvalue weighted by Gasteiger charge is 2.35. The van der Waals surface area contributed by atoms with E-state index in [0.29, 0.717) is 18.7 Å². The Morgan fingerprint density at radius 1 is 1.41 bits per heavy atom. The van der Waals surface area contributed by atoms with E-state index in [4.69, 9.17) is 18.5 Å². The molecule has 1 fully saturated rings. The lowest BCUT2D eigenvalue weighted by molar-refractivity contribution is 0.0389. The summed E-state index contributed by atoms with van der Waals surface area (Å²) in [5.41, 5.74) is -1.76. The van der Waals surface area contributed by atoms with Crippen molar-refractivity contribution in [3.63, 3.8) is 0 Å². The van der Waals surface area contributed by atoms with E-state index in [2.05, 4.69) is 9.97 Å². The number of carbonyl (C=O) groups is 1. The number of likely N-dealkylation sites (tertiary alicyclic amines) is 1. The first-order valence-corrected chi connectivity index (χ1v) is 8.96. The number of nitrogens with zero attached hydrogens (tertiary/aromatic N) is 3. The molecule has 0 aliphatic carbocycles. The van der Waals surface area contributed by atoms with Crippen LogP contribution in [0.4, 0.5) is 8.78 Å². The largest absolute Gasteiger partial charge is 0.338 e. The number of piperidine rings is 1. The predicted molar refractivity (Wildman–Crippen MR) is 100 cm³/mol. The van der Waals surface area contributed by atoms with E-state index in [9.17, 15) is 9.18 Å². The molecule has 1 aromatic heterocycles. The van der Waals surface area contributed by atoms with Crippen molar-refractivity contribution in [2.75, 3.05) is 13.0 Å². The molecule has 1 amide bonds. The number of carbonyl (C=O) groups excluding carboxylic acids is 1. The van der Waals surface area contributed by atoms with Gasteiger partial charge in [-0.25, -0.2) is 18.7 Å². The highest BCUT2D eigenvalue weighted by Crippen LogP contribution is 2.32. The number of benzene rings is 1. The van der Waals surface area contributed by atoms with E-state index in [0.717, 1.165) is 17.0 Å². The van der Waals surface area contributed by atoms with Gasteiger partial charge < -0.3 is 4.90 Å². The molecule has 144 valence electrons. The van der Waals surface area contributed by atoms with Crippen molar-refractivity contribution < 1.29 is 20.4 Å². The summed E-state index contributed by atoms with van der Waals surface area (Å²) in [6.45, 7) is -4.67. The Morgan fingerprint density at radius 3 is 2.85 bits per heavy atom. The molecule has 27 heavy (non-hydrogen) atoms. The van der Waals surface area contributed by atoms with Crippen LogP contribution in [0.25, 0.3) is 0 Å². The van der Waals surface area contributed by atoms with E-state index >= 15 is 4.39 Å². The SMILES string of the molecule is [2H]C([2H])([2H])c1cnc(CCCC2(F)CCN(C(=O)c3ccc(F)c(Cl)c3)C([2H])([2H])C2)nc1. The van der Waals surface area contributed by atoms with Gasteiger partial charge in [0.15, 0.2) is 0 Å². The Bertz CT molecular complexity index is 990. The number of amides is 1. The van der Waals surface area contributed by atoms with Crippen molar-refractivity contribution in [3.05, 3.63) is 58.4 Å². The van der Waals surface area contributed by atoms with Crippen molar-refractivity contribution in [1.29, 1.82) is 0 Å². The average molecular weight is 399 g/mol. The maximum absolute atomic E-state index is 15.4. The predicted octanol–water partition coefficient (Wildman–Crippen LogP) is 4.54. The summed E-state index contributed by atoms with van der Waals surface area (Å²) in [5, 5.41) is -0.248. The normalized spacial score (nSPS) is 25.0. The van der Waals surface area contributed by atoms with Gasteiger partial charge in [-0.15, -0.1) is 0 Å². The molecule has 0 radical (unpaired) electrons. The second-order valence-electron chi connectivity index (χ2n) is 6.56. The van der Waals surface area contributed by atoms with Crippen LogP contribution in [0, 0.1) is 12.7 Å². The van der Waals surface area contributed by atoms with Gasteiger partial charge in [0.2, 0.25) is 0 Å². The maximum Gasteiger partial charge on any atom is 0.253 e. The summed E-state index contributed by atoms with van der Waals surface area (Å²) in [6, 6.07) is 3.37. The van der Waals surface area contributed by atoms with Crippen LogP contribution < -0.4 is 0 Å². The van der Waals surface area contributed by atoms with Crippen molar-refractivity contribution in [3.8, 4) is 0 Å². The molecule has 7 heteroatoms. The zero-order valence-electron chi connectivity index (χ0n) is 19.5. The number of rotatable bonds is 5. The monoisotopic (exact) mass is 398 g/mol. The van der Waals surface area contributed by atoms with Crippen LogP contribution in [0.1, 0.15) is 54.3 Å². The summed E-state index contributed by atoms with van der Waals surface area (Å²) >= 11 is 5.71. The number of alkyl halides is 1. The maximum atomic E-state index is 15.4. The quantitative estimate of drug-likeness (QED) is 0.742. The lowest BCUT2D eigenvalue weighted by atomic mass is 9.88. The first-order chi connectivity index (χ1) is 14.8. The zero-order chi connectivity index (χ0) is 23.7. The summed E-state index contributed by atoms with van der Waals surface area (Å²) in [7, 11) is 0. The number of hydrogen-bond donors (Lipinski definition) is 0. The first-order valence-electron chi connectivity index (χ1n) is 11.1. The number of aromatic nitrogens is 2. The van der Waals surface area contributed by atoms with Crippen LogP contribution in [0.2, 0.25) is 5.02 Å². The third kappa shape index (κ3) is 5.01. The lowest BCUT2D eigenvalue weighted by Crippen LogP contribution is -2.44. The minimum absolute atomic E-state index is 0.0240. The van der Waals surface area contributed by atoms with Crippen molar-refractivity contribution in [2.24, 2.45) is 0 Å². The molecule has 2 heterocycles. The van der Waals surface area contributed by atoms with E-state index in [1.54, 1.807) is 0 Å². The number of halogens is 3. The van der Waals surface area contributed by atoms with Crippen molar-refractivity contribution in [2.45, 2.75) is 44.6 Å². The Morgan fingerprint density at radius 2 is 2.19 bits per heavy atom. The third-order valence-corrected chi connectivity index (χ3v) is 4.80. The molecule has 1 aromatic carbocycles. The van der Waals surface area contributed by atoms with Crippen LogP contribution in [0.15, 0.2) is 30.6 Å². The fraction of sp³-hybridized carbons (Fsp3) is 0.450. The molecule has 0 bridgehead atoms. The molecule has 0 N–H and O–H groups in total. The topological polar surface area (TPSA) is 46.1 Å². The van der Waals surface area contributed by atoms with Gasteiger partial charge in [-0.1, -0.05) is 11.6 Å². The number of aryl methyl sites for hydroxylation is 2. The second-order valence-corrected chi connectivity index (χ2v) is 6.97. The molecule has 0 spiro atoms. The lowest BCUT2D eigenvalue weighted by Gasteiger charge is -2.36. The Hall–Kier alpha value is -2.08. The van der Waals surface area contributed by atoms with Crippen LogP contribution >= 0.6 is 11.6 Å². The molecule has 1 saturated heterocycles. The molecule has 3 rings (SSSR count). The molecule has 1 unspecified atom stereocenters. The van der Waals surface area contributed by atoms with Gasteiger partial charge in [0.1, 0.15) is 17.3 Å². The fourth-order valence-electron chi connectivity index (χ4n) is 2.94. The summed E-state index contributed by atoms with van der Waals surface area (Å²) < 4.78 is 67.2. The highest BCUT2D eigenvalue weighted by molar-refractivity contribution is 6.31. The Balaban J connectivity index is 1.60. The van der Waals surface area contributed by atoms with E-state index in [1.165, 1.54) is 18.5 Å². The van der Waals surface area contributed by atoms with Crippen LogP contribution in [-0.2, 0) is 6.42 Å². The van der Waals surface area contributed by atoms with Gasteiger partial charge in [0.25, 0.3) is 5.91 Å². The van der Waals surface area contributed by atoms with Crippen molar-refractivity contribution >= 4 is 17.5 Å². The van der Waals surface area contributed by atoms with Gasteiger partial charge in [0, 0.05) is 44.3 Å². The summed E-state index contributed by atoms with van der Waals surface area (Å²) in [6.07, 6.45) is 2.59. The summed E-state index contributed by atoms with van der Waals surface area (Å²) in [5.74, 6) is -0.989. The molecule has 4 nitrogen and oxygen atoms in total. The summed E-state index contributed by atoms with van der Waals surface area (Å²) in [4.78, 5) is 21.7. The second kappa shape index (κ2) is 8.30. The Labute approximate surface area is 169 Å². The minimum atomic E-state index is -2.29. The average Bonchev–Trinajstić information content (AvgIpc) is 2.68. The molecule has 1 aliphatic rings. The Kier molecular flexibility index (Phi) is 4.30. The molecule has 2 aromatic rings. The van der Waals surface area contributed by atoms with Gasteiger partial charge in [-0.3, -0.25) is 4.79 Å². The molecule has 1 atom stereocenters. The van der Waals surface area contributed by atoms with Crippen LogP contribution in [0.3, 0.4) is 0 Å². The van der Waals surface area contributed by atoms with Gasteiger partial charge in [0.05, 0.1) is 5.02 Å². The van der Waals surface area contributed by atoms with Gasteiger partial charge in [-0.2, -0.15) is 0 Å². The molecular formula is C20H22ClF2N3O. The number of hydrogen-bond acceptors (Lipinski definition) is 3. The van der Waals surface area contributed by atoms with Gasteiger partial charge in [-0.05, 0) is 56.3 Å². The highest BCUT2D eigenvalue weighted by atomic mass is 35.5. The molecular weight excluding hydrogens is 372 g/mol. The first kappa shape index (κ1) is 14.0. The minimum Gasteiger partial charge on any atom is -0.338 e. The van der Waals surface area contributed by atoms with E-state index in [-0.39, 0.29) is 35.5 Å². The molecule has 0 saturated carbocycles. The molecule has 1 aliphatic heterocycles. The van der Waals surface area contributed by atoms with Crippen LogP contribution in [-0.4, -0.2) is 39.5 Å². The standard InChI is InChI=1S/C20H22ClF2N3O/c1-14-12-24-18(25-13-14)3-2-6-20(23)7-9-26(10-8-20)19(27)15-4-5-17(22)16(21)11-15/h4-5,11-13H,2-3,6-10H2,1H3/i1D3,9D2. The van der Waals surface area contributed by atoms with E-state index in [1.807, 2.05) is 0 Å². The fourth-order valence-corrected chi connectivity index (χ4v) is 3.12. The third-order valence-electron chi connectivity index (χ3n) is 4.51.